The molecule has 1 N–H and O–H groups in total. The lowest BCUT2D eigenvalue weighted by atomic mass is 9.94. The number of nitrogens with one attached hydrogen (secondary N) is 1. The molecule has 2 heterocycles. The van der Waals surface area contributed by atoms with Gasteiger partial charge in [-0.2, -0.15) is 4.31 Å². The van der Waals surface area contributed by atoms with E-state index in [0.29, 0.717) is 37.4 Å². The van der Waals surface area contributed by atoms with Gasteiger partial charge in [0.2, 0.25) is 15.9 Å². The summed E-state index contributed by atoms with van der Waals surface area (Å²) in [6.07, 6.45) is 13.7. The Kier molecular flexibility index (Phi) is 13.5. The molecule has 0 aliphatic carbocycles. The van der Waals surface area contributed by atoms with Crippen molar-refractivity contribution in [2.75, 3.05) is 26.2 Å². The van der Waals surface area contributed by atoms with Crippen LogP contribution < -0.4 is 5.32 Å². The number of aryl methyl sites for hydroxylation is 1. The van der Waals surface area contributed by atoms with E-state index in [1.165, 1.54) is 12.8 Å². The summed E-state index contributed by atoms with van der Waals surface area (Å²) >= 11 is 0. The summed E-state index contributed by atoms with van der Waals surface area (Å²) < 4.78 is 36.1. The van der Waals surface area contributed by atoms with E-state index in [1.807, 2.05) is 19.1 Å². The Labute approximate surface area is 264 Å². The van der Waals surface area contributed by atoms with Gasteiger partial charge in [-0.25, -0.2) is 8.42 Å². The minimum Gasteiger partial charge on any atom is -0.414 e. The third-order valence-corrected chi connectivity index (χ3v) is 16.1. The molecule has 9 heteroatoms. The highest BCUT2D eigenvalue weighted by Crippen LogP contribution is 2.39. The molecule has 1 aromatic carbocycles. The van der Waals surface area contributed by atoms with Crippen LogP contribution in [-0.4, -0.2) is 76.2 Å². The summed E-state index contributed by atoms with van der Waals surface area (Å²) in [5.41, 5.74) is 1.04. The zero-order valence-corrected chi connectivity index (χ0v) is 29.8. The molecule has 1 aromatic rings. The number of rotatable bonds is 10. The molecule has 0 spiro atoms. The molecule has 0 bridgehead atoms. The third kappa shape index (κ3) is 10.5. The van der Waals surface area contributed by atoms with Crippen molar-refractivity contribution in [3.63, 3.8) is 0 Å². The number of carbonyl (C=O) groups excluding carboxylic acids is 1. The number of hydrogen-bond donors (Lipinski definition) is 1. The van der Waals surface area contributed by atoms with Crippen molar-refractivity contribution in [3.05, 3.63) is 42.0 Å². The van der Waals surface area contributed by atoms with E-state index in [4.69, 9.17) is 4.43 Å². The van der Waals surface area contributed by atoms with E-state index in [1.54, 1.807) is 16.4 Å². The van der Waals surface area contributed by atoms with Crippen molar-refractivity contribution in [1.82, 2.24) is 14.5 Å². The standard InChI is InChI=1S/C34H59N3O4SSi/c1-8-9-10-17-31(41-43(6,7)34(3,4)5)26-29-15-13-16-30-27-33(38)35-22-11-12-23-36(24-14-25-37(29)30)42(39,40)32-20-18-28(2)19-21-32/h13,15,18-21,29-31H,8-12,14,16-17,22-27H2,1-7H3,(H,35,38). The minimum absolute atomic E-state index is 0.0875. The van der Waals surface area contributed by atoms with Crippen LogP contribution in [0.5, 0.6) is 0 Å². The topological polar surface area (TPSA) is 79.0 Å². The van der Waals surface area contributed by atoms with Crippen LogP contribution in [0.1, 0.15) is 97.5 Å². The molecule has 0 saturated carbocycles. The molecule has 0 radical (unpaired) electrons. The van der Waals surface area contributed by atoms with E-state index < -0.39 is 18.3 Å². The van der Waals surface area contributed by atoms with Crippen LogP contribution in [0.3, 0.4) is 0 Å². The second-order valence-corrected chi connectivity index (χ2v) is 20.9. The Morgan fingerprint density at radius 2 is 1.74 bits per heavy atom. The van der Waals surface area contributed by atoms with Gasteiger partial charge in [0, 0.05) is 50.8 Å². The van der Waals surface area contributed by atoms with E-state index in [-0.39, 0.29) is 29.1 Å². The Hall–Kier alpha value is -1.52. The maximum Gasteiger partial charge on any atom is 0.243 e. The van der Waals surface area contributed by atoms with E-state index in [0.717, 1.165) is 50.6 Å². The molecule has 7 nitrogen and oxygen atoms in total. The van der Waals surface area contributed by atoms with Crippen LogP contribution in [0.2, 0.25) is 18.1 Å². The summed E-state index contributed by atoms with van der Waals surface area (Å²) in [5.74, 6) is 0.0875. The molecule has 2 aliphatic heterocycles. The molecule has 0 aromatic heterocycles. The van der Waals surface area contributed by atoms with Gasteiger partial charge in [0.15, 0.2) is 8.32 Å². The zero-order chi connectivity index (χ0) is 31.7. The lowest BCUT2D eigenvalue weighted by molar-refractivity contribution is -0.122. The summed E-state index contributed by atoms with van der Waals surface area (Å²) in [5, 5.41) is 3.24. The fourth-order valence-electron chi connectivity index (χ4n) is 5.95. The number of nitrogens with zero attached hydrogens (tertiary/aromatic N) is 2. The molecule has 1 saturated heterocycles. The third-order valence-electron chi connectivity index (χ3n) is 9.62. The predicted octanol–water partition coefficient (Wildman–Crippen LogP) is 7.04. The van der Waals surface area contributed by atoms with Crippen molar-refractivity contribution in [2.24, 2.45) is 0 Å². The van der Waals surface area contributed by atoms with Crippen molar-refractivity contribution < 1.29 is 17.6 Å². The number of amides is 1. The normalized spacial score (nSPS) is 23.0. The number of benzene rings is 1. The van der Waals surface area contributed by atoms with Crippen LogP contribution in [0.4, 0.5) is 0 Å². The number of hydrogen-bond acceptors (Lipinski definition) is 5. The van der Waals surface area contributed by atoms with Crippen LogP contribution in [0.15, 0.2) is 41.3 Å². The highest BCUT2D eigenvalue weighted by atomic mass is 32.2. The smallest absolute Gasteiger partial charge is 0.243 e. The van der Waals surface area contributed by atoms with Gasteiger partial charge in [-0.15, -0.1) is 0 Å². The minimum atomic E-state index is -3.60. The first-order chi connectivity index (χ1) is 20.2. The first kappa shape index (κ1) is 36.0. The second kappa shape index (κ2) is 16.2. The maximum absolute atomic E-state index is 13.7. The monoisotopic (exact) mass is 633 g/mol. The summed E-state index contributed by atoms with van der Waals surface area (Å²) in [6.45, 7) is 18.0. The van der Waals surface area contributed by atoms with Gasteiger partial charge in [-0.1, -0.05) is 76.8 Å². The fraction of sp³-hybridized carbons (Fsp3) is 0.735. The van der Waals surface area contributed by atoms with Gasteiger partial charge in [-0.3, -0.25) is 9.69 Å². The Morgan fingerprint density at radius 3 is 2.42 bits per heavy atom. The molecule has 3 rings (SSSR count). The van der Waals surface area contributed by atoms with Crippen molar-refractivity contribution >= 4 is 24.2 Å². The lowest BCUT2D eigenvalue weighted by Gasteiger charge is -2.43. The average molecular weight is 634 g/mol. The number of sulfonamides is 1. The fourth-order valence-corrected chi connectivity index (χ4v) is 8.87. The van der Waals surface area contributed by atoms with Gasteiger partial charge < -0.3 is 9.74 Å². The van der Waals surface area contributed by atoms with E-state index in [9.17, 15) is 13.2 Å². The number of unbranched alkanes of at least 4 members (excludes halogenated alkanes) is 2. The van der Waals surface area contributed by atoms with Gasteiger partial charge >= 0.3 is 0 Å². The van der Waals surface area contributed by atoms with Crippen LogP contribution >= 0.6 is 0 Å². The summed E-state index contributed by atoms with van der Waals surface area (Å²) in [7, 11) is -5.56. The molecule has 1 amide bonds. The Balaban J connectivity index is 1.83. The summed E-state index contributed by atoms with van der Waals surface area (Å²) in [4.78, 5) is 15.8. The molecule has 3 unspecified atom stereocenters. The zero-order valence-electron chi connectivity index (χ0n) is 28.0. The Morgan fingerprint density at radius 1 is 1.05 bits per heavy atom. The molecule has 2 aliphatic rings. The SMILES string of the molecule is CCCCCC(CC1C=CCC2CC(=O)NCCCCN(S(=O)(=O)c3ccc(C)cc3)CCCN12)O[Si](C)(C)C(C)(C)C. The molecular weight excluding hydrogens is 575 g/mol. The highest BCUT2D eigenvalue weighted by Gasteiger charge is 2.40. The second-order valence-electron chi connectivity index (χ2n) is 14.2. The van der Waals surface area contributed by atoms with Gasteiger partial charge in [0.1, 0.15) is 0 Å². The highest BCUT2D eigenvalue weighted by molar-refractivity contribution is 7.89. The lowest BCUT2D eigenvalue weighted by Crippen LogP contribution is -2.50. The van der Waals surface area contributed by atoms with E-state index >= 15 is 0 Å². The first-order valence-corrected chi connectivity index (χ1v) is 21.0. The van der Waals surface area contributed by atoms with Crippen LogP contribution in [0, 0.1) is 6.92 Å². The van der Waals surface area contributed by atoms with Gasteiger partial charge in [-0.05, 0) is 75.7 Å². The van der Waals surface area contributed by atoms with E-state index in [2.05, 4.69) is 63.2 Å². The van der Waals surface area contributed by atoms with Gasteiger partial charge in [0.25, 0.3) is 0 Å². The number of fused-ring (bicyclic) bond motifs is 1. The molecule has 3 atom stereocenters. The first-order valence-electron chi connectivity index (χ1n) is 16.7. The quantitative estimate of drug-likeness (QED) is 0.170. The van der Waals surface area contributed by atoms with Gasteiger partial charge in [0.05, 0.1) is 4.90 Å². The Bertz CT molecular complexity index is 1150. The average Bonchev–Trinajstić information content (AvgIpc) is 2.93. The van der Waals surface area contributed by atoms with Crippen LogP contribution in [0.25, 0.3) is 0 Å². The number of carbonyl (C=O) groups is 1. The largest absolute Gasteiger partial charge is 0.414 e. The van der Waals surface area contributed by atoms with Crippen molar-refractivity contribution in [3.8, 4) is 0 Å². The van der Waals surface area contributed by atoms with Crippen molar-refractivity contribution in [1.29, 1.82) is 0 Å². The van der Waals surface area contributed by atoms with Crippen LogP contribution in [-0.2, 0) is 19.2 Å². The molecule has 244 valence electrons. The molecular formula is C34H59N3O4SSi. The molecule has 43 heavy (non-hydrogen) atoms. The summed E-state index contributed by atoms with van der Waals surface area (Å²) in [6, 6.07) is 7.42. The van der Waals surface area contributed by atoms with Crippen molar-refractivity contribution in [2.45, 2.75) is 140 Å². The predicted molar refractivity (Wildman–Crippen MR) is 180 cm³/mol. The maximum atomic E-state index is 13.7. The molecule has 1 fully saturated rings.